The summed E-state index contributed by atoms with van der Waals surface area (Å²) in [6.45, 7) is -0.284. The zero-order valence-corrected chi connectivity index (χ0v) is 21.2. The average Bonchev–Trinajstić information content (AvgIpc) is 3.28. The Hall–Kier alpha value is -3.84. The molecule has 2 aromatic carbocycles. The second kappa shape index (κ2) is 11.1. The number of aromatic hydroxyl groups is 1. The minimum Gasteiger partial charge on any atom is -0.504 e. The van der Waals surface area contributed by atoms with E-state index < -0.39 is 60.7 Å². The number of phenolic OH excluding ortho intramolecular Hbond substituents is 1. The lowest BCUT2D eigenvalue weighted by Gasteiger charge is -2.39. The van der Waals surface area contributed by atoms with E-state index in [9.17, 15) is 40.2 Å². The summed E-state index contributed by atoms with van der Waals surface area (Å²) < 4.78 is 21.9. The Morgan fingerprint density at radius 1 is 1.10 bits per heavy atom. The predicted molar refractivity (Wildman–Crippen MR) is 134 cm³/mol. The minimum absolute atomic E-state index is 0.0444. The molecule has 4 rings (SSSR count). The van der Waals surface area contributed by atoms with Gasteiger partial charge in [-0.05, 0) is 41.5 Å². The molecular weight excluding hydrogens is 516 g/mol. The van der Waals surface area contributed by atoms with Gasteiger partial charge in [-0.15, -0.1) is 0 Å². The number of carbonyl (C=O) groups excluding carboxylic acids is 1. The molecule has 2 aromatic rings. The van der Waals surface area contributed by atoms with Gasteiger partial charge in [0.1, 0.15) is 18.3 Å². The Morgan fingerprint density at radius 2 is 1.82 bits per heavy atom. The fourth-order valence-corrected chi connectivity index (χ4v) is 4.92. The van der Waals surface area contributed by atoms with E-state index in [-0.39, 0.29) is 18.1 Å². The van der Waals surface area contributed by atoms with Crippen molar-refractivity contribution in [3.05, 3.63) is 53.1 Å². The third-order valence-electron chi connectivity index (χ3n) is 7.00. The van der Waals surface area contributed by atoms with Gasteiger partial charge in [0.25, 0.3) is 0 Å². The third kappa shape index (κ3) is 5.50. The van der Waals surface area contributed by atoms with Crippen LogP contribution in [0.1, 0.15) is 41.6 Å². The Kier molecular flexibility index (Phi) is 8.02. The molecule has 0 unspecified atom stereocenters. The van der Waals surface area contributed by atoms with Crippen LogP contribution >= 0.6 is 0 Å². The van der Waals surface area contributed by atoms with E-state index in [1.807, 2.05) is 0 Å². The maximum Gasteiger partial charge on any atom is 0.335 e. The van der Waals surface area contributed by atoms with Gasteiger partial charge in [-0.3, -0.25) is 0 Å². The van der Waals surface area contributed by atoms with E-state index in [0.29, 0.717) is 28.2 Å². The zero-order valence-electron chi connectivity index (χ0n) is 21.2. The normalized spacial score (nSPS) is 28.0. The molecule has 0 radical (unpaired) electrons. The summed E-state index contributed by atoms with van der Waals surface area (Å²) in [6, 6.07) is 8.02. The summed E-state index contributed by atoms with van der Waals surface area (Å²) in [5.41, 5.74) is -0.603. The highest BCUT2D eigenvalue weighted by atomic mass is 16.6. The highest BCUT2D eigenvalue weighted by Crippen LogP contribution is 2.51. The van der Waals surface area contributed by atoms with Crippen molar-refractivity contribution in [3.63, 3.8) is 0 Å². The number of aliphatic hydroxyl groups is 4. The molecule has 210 valence electrons. The molecule has 1 fully saturated rings. The maximum absolute atomic E-state index is 12.5. The van der Waals surface area contributed by atoms with Crippen molar-refractivity contribution in [1.82, 2.24) is 0 Å². The lowest BCUT2D eigenvalue weighted by atomic mass is 9.79. The van der Waals surface area contributed by atoms with E-state index in [4.69, 9.17) is 18.9 Å². The lowest BCUT2D eigenvalue weighted by Crippen LogP contribution is -2.57. The number of carboxylic acid groups (broad SMARTS) is 1. The van der Waals surface area contributed by atoms with Crippen LogP contribution in [0.15, 0.2) is 36.4 Å². The van der Waals surface area contributed by atoms with Crippen molar-refractivity contribution in [3.8, 4) is 23.0 Å². The Morgan fingerprint density at radius 3 is 2.46 bits per heavy atom. The fraction of sp³-hybridized carbons (Fsp3) is 0.407. The number of phenols is 1. The fourth-order valence-electron chi connectivity index (χ4n) is 4.92. The summed E-state index contributed by atoms with van der Waals surface area (Å²) in [7, 11) is 2.85. The van der Waals surface area contributed by atoms with Crippen LogP contribution in [0, 0.1) is 0 Å². The molecule has 2 aliphatic rings. The minimum atomic E-state index is -2.35. The monoisotopic (exact) mass is 546 g/mol. The Labute approximate surface area is 223 Å². The van der Waals surface area contributed by atoms with E-state index in [0.717, 1.165) is 6.08 Å². The van der Waals surface area contributed by atoms with E-state index >= 15 is 0 Å². The first kappa shape index (κ1) is 28.2. The number of hydrogen-bond acceptors (Lipinski definition) is 11. The number of rotatable bonds is 8. The summed E-state index contributed by atoms with van der Waals surface area (Å²) in [5, 5.41) is 59.7. The van der Waals surface area contributed by atoms with Gasteiger partial charge in [0, 0.05) is 24.5 Å². The number of carbonyl (C=O) groups is 2. The first-order valence-electron chi connectivity index (χ1n) is 12.1. The highest BCUT2D eigenvalue weighted by Gasteiger charge is 2.50. The smallest absolute Gasteiger partial charge is 0.335 e. The Bertz CT molecular complexity index is 1270. The quantitative estimate of drug-likeness (QED) is 0.203. The molecule has 1 aliphatic carbocycles. The second-order valence-corrected chi connectivity index (χ2v) is 9.51. The number of benzene rings is 2. The highest BCUT2D eigenvalue weighted by molar-refractivity contribution is 5.87. The molecule has 6 N–H and O–H groups in total. The van der Waals surface area contributed by atoms with Gasteiger partial charge in [-0.25, -0.2) is 9.59 Å². The van der Waals surface area contributed by atoms with Crippen LogP contribution in [0.3, 0.4) is 0 Å². The van der Waals surface area contributed by atoms with Crippen molar-refractivity contribution >= 4 is 18.0 Å². The van der Waals surface area contributed by atoms with E-state index in [1.165, 1.54) is 26.4 Å². The number of methoxy groups -OCH3 is 2. The van der Waals surface area contributed by atoms with Crippen molar-refractivity contribution in [2.24, 2.45) is 0 Å². The van der Waals surface area contributed by atoms with Gasteiger partial charge in [0.2, 0.25) is 0 Å². The second-order valence-electron chi connectivity index (χ2n) is 9.51. The van der Waals surface area contributed by atoms with E-state index in [1.54, 1.807) is 24.3 Å². The lowest BCUT2D eigenvalue weighted by molar-refractivity contribution is -0.196. The molecule has 0 amide bonds. The maximum atomic E-state index is 12.5. The molecule has 0 bridgehead atoms. The molecule has 0 saturated heterocycles. The first-order valence-corrected chi connectivity index (χ1v) is 12.1. The molecule has 0 spiro atoms. The number of aliphatic hydroxyl groups excluding tert-OH is 3. The summed E-state index contributed by atoms with van der Waals surface area (Å²) >= 11 is 0. The molecule has 39 heavy (non-hydrogen) atoms. The molecule has 1 heterocycles. The van der Waals surface area contributed by atoms with Crippen LogP contribution in [0.5, 0.6) is 23.0 Å². The molecule has 0 aromatic heterocycles. The average molecular weight is 547 g/mol. The van der Waals surface area contributed by atoms with Crippen molar-refractivity contribution in [1.29, 1.82) is 0 Å². The van der Waals surface area contributed by atoms with Crippen molar-refractivity contribution in [2.75, 3.05) is 20.8 Å². The standard InChI is InChI=1S/C27H30O12/c1-36-19-9-14(4-5-17(19)29)24-16(12-28)15-7-13(8-20(37-2)25(15)39-24)3-6-22(31)38-21-11-27(35,26(33)34)10-18(30)23(21)32/h3-9,16,18,21,23-24,28-30,32,35H,10-12H2,1-2H3,(H,33,34)/t16-,18+,21+,23+,24+,27+/m1/s1. The largest absolute Gasteiger partial charge is 0.504 e. The summed E-state index contributed by atoms with van der Waals surface area (Å²) in [5.74, 6) is -2.11. The number of aliphatic carboxylic acids is 1. The molecule has 12 nitrogen and oxygen atoms in total. The summed E-state index contributed by atoms with van der Waals surface area (Å²) in [4.78, 5) is 23.9. The van der Waals surface area contributed by atoms with E-state index in [2.05, 4.69) is 0 Å². The van der Waals surface area contributed by atoms with Gasteiger partial charge in [0.05, 0.1) is 32.8 Å². The molecule has 12 heteroatoms. The third-order valence-corrected chi connectivity index (χ3v) is 7.00. The molecule has 1 saturated carbocycles. The summed E-state index contributed by atoms with van der Waals surface area (Å²) in [6.07, 6.45) is -3.99. The number of ether oxygens (including phenoxy) is 4. The van der Waals surface area contributed by atoms with Crippen LogP contribution < -0.4 is 14.2 Å². The topological polar surface area (TPSA) is 192 Å². The first-order chi connectivity index (χ1) is 18.5. The van der Waals surface area contributed by atoms with Crippen LogP contribution in [0.4, 0.5) is 0 Å². The molecular formula is C27H30O12. The van der Waals surface area contributed by atoms with Gasteiger partial charge in [0.15, 0.2) is 28.6 Å². The number of carboxylic acids is 1. The van der Waals surface area contributed by atoms with Crippen molar-refractivity contribution < 1.29 is 59.2 Å². The van der Waals surface area contributed by atoms with Gasteiger partial charge >= 0.3 is 11.9 Å². The molecule has 1 aliphatic heterocycles. The van der Waals surface area contributed by atoms with Gasteiger partial charge < -0.3 is 49.6 Å². The number of fused-ring (bicyclic) bond motifs is 1. The van der Waals surface area contributed by atoms with Crippen LogP contribution in [-0.4, -0.2) is 87.3 Å². The number of esters is 1. The molecule has 6 atom stereocenters. The number of hydrogen-bond donors (Lipinski definition) is 6. The van der Waals surface area contributed by atoms with Gasteiger partial charge in [-0.2, -0.15) is 0 Å². The SMILES string of the molecule is COc1cc([C@@H]2Oc3c(OC)cc(C=CC(=O)O[C@H]4C[C@](O)(C(=O)O)C[C@H](O)[C@@H]4O)cc3[C@H]2CO)ccc1O. The van der Waals surface area contributed by atoms with Crippen LogP contribution in [-0.2, 0) is 14.3 Å². The van der Waals surface area contributed by atoms with Crippen LogP contribution in [0.25, 0.3) is 6.08 Å². The van der Waals surface area contributed by atoms with Crippen molar-refractivity contribution in [2.45, 2.75) is 48.8 Å². The predicted octanol–water partition coefficient (Wildman–Crippen LogP) is 0.875. The zero-order chi connectivity index (χ0) is 28.5. The van der Waals surface area contributed by atoms with Gasteiger partial charge in [-0.1, -0.05) is 6.07 Å². The Balaban J connectivity index is 1.55. The van der Waals surface area contributed by atoms with Crippen LogP contribution in [0.2, 0.25) is 0 Å².